The van der Waals surface area contributed by atoms with Crippen molar-refractivity contribution >= 4 is 5.97 Å². The quantitative estimate of drug-likeness (QED) is 0.437. The molecule has 0 radical (unpaired) electrons. The largest absolute Gasteiger partial charge is 0.423 e. The van der Waals surface area contributed by atoms with Gasteiger partial charge in [-0.15, -0.1) is 0 Å². The van der Waals surface area contributed by atoms with Gasteiger partial charge in [0.1, 0.15) is 11.6 Å². The summed E-state index contributed by atoms with van der Waals surface area (Å²) >= 11 is 0. The monoisotopic (exact) mass is 354 g/mol. The minimum absolute atomic E-state index is 0.349. The van der Waals surface area contributed by atoms with E-state index < -0.39 is 5.97 Å². The van der Waals surface area contributed by atoms with Crippen LogP contribution in [0.15, 0.2) is 48.5 Å². The van der Waals surface area contributed by atoms with Crippen LogP contribution < -0.4 is 4.74 Å². The van der Waals surface area contributed by atoms with Gasteiger partial charge in [0.05, 0.1) is 5.56 Å². The second-order valence-corrected chi connectivity index (χ2v) is 7.33. The third kappa shape index (κ3) is 4.94. The molecular formula is C23H27FO2. The number of esters is 1. The number of hydrogen-bond acceptors (Lipinski definition) is 2. The highest BCUT2D eigenvalue weighted by molar-refractivity contribution is 5.91. The maximum Gasteiger partial charge on any atom is 0.343 e. The average molecular weight is 354 g/mol. The highest BCUT2D eigenvalue weighted by atomic mass is 19.1. The summed E-state index contributed by atoms with van der Waals surface area (Å²) in [5.41, 5.74) is 1.84. The molecule has 2 aromatic rings. The molecule has 0 N–H and O–H groups in total. The summed E-state index contributed by atoms with van der Waals surface area (Å²) in [7, 11) is 0. The van der Waals surface area contributed by atoms with Gasteiger partial charge in [0.2, 0.25) is 0 Å². The third-order valence-electron chi connectivity index (χ3n) is 5.45. The van der Waals surface area contributed by atoms with Crippen LogP contribution in [0.5, 0.6) is 5.75 Å². The van der Waals surface area contributed by atoms with Crippen LogP contribution in [-0.4, -0.2) is 5.97 Å². The number of halogens is 1. The fraction of sp³-hybridized carbons (Fsp3) is 0.435. The van der Waals surface area contributed by atoms with Gasteiger partial charge in [-0.05, 0) is 79.5 Å². The van der Waals surface area contributed by atoms with Gasteiger partial charge >= 0.3 is 5.97 Å². The van der Waals surface area contributed by atoms with Gasteiger partial charge in [0, 0.05) is 0 Å². The minimum atomic E-state index is -0.411. The Hall–Kier alpha value is -2.16. The second-order valence-electron chi connectivity index (χ2n) is 7.33. The SMILES string of the molecule is CCCCC1CCC(c2ccc(C(=O)Oc3ccc(F)cc3)cc2)CC1. The zero-order valence-corrected chi connectivity index (χ0v) is 15.4. The molecule has 0 unspecified atom stereocenters. The first-order chi connectivity index (χ1) is 12.7. The Kier molecular flexibility index (Phi) is 6.43. The van der Waals surface area contributed by atoms with Gasteiger partial charge in [-0.25, -0.2) is 9.18 Å². The van der Waals surface area contributed by atoms with Crippen molar-refractivity contribution in [2.45, 2.75) is 57.8 Å². The number of ether oxygens (including phenoxy) is 1. The molecule has 0 heterocycles. The fourth-order valence-corrected chi connectivity index (χ4v) is 3.84. The maximum absolute atomic E-state index is 12.9. The van der Waals surface area contributed by atoms with Gasteiger partial charge < -0.3 is 4.74 Å². The van der Waals surface area contributed by atoms with Crippen molar-refractivity contribution in [2.75, 3.05) is 0 Å². The van der Waals surface area contributed by atoms with Gasteiger partial charge in [-0.1, -0.05) is 38.3 Å². The minimum Gasteiger partial charge on any atom is -0.423 e. The summed E-state index contributed by atoms with van der Waals surface area (Å²) in [6, 6.07) is 13.3. The van der Waals surface area contributed by atoms with E-state index in [1.807, 2.05) is 12.1 Å². The summed E-state index contributed by atoms with van der Waals surface area (Å²) in [6.07, 6.45) is 9.13. The first-order valence-corrected chi connectivity index (χ1v) is 9.73. The van der Waals surface area contributed by atoms with Crippen molar-refractivity contribution < 1.29 is 13.9 Å². The molecule has 1 aliphatic carbocycles. The fourth-order valence-electron chi connectivity index (χ4n) is 3.84. The van der Waals surface area contributed by atoms with E-state index in [2.05, 4.69) is 19.1 Å². The molecule has 0 bridgehead atoms. The highest BCUT2D eigenvalue weighted by Gasteiger charge is 2.22. The molecule has 26 heavy (non-hydrogen) atoms. The van der Waals surface area contributed by atoms with E-state index in [0.29, 0.717) is 17.2 Å². The van der Waals surface area contributed by atoms with Gasteiger partial charge in [-0.2, -0.15) is 0 Å². The number of rotatable bonds is 6. The van der Waals surface area contributed by atoms with Crippen molar-refractivity contribution in [2.24, 2.45) is 5.92 Å². The van der Waals surface area contributed by atoms with Crippen molar-refractivity contribution in [3.63, 3.8) is 0 Å². The van der Waals surface area contributed by atoms with Crippen LogP contribution >= 0.6 is 0 Å². The van der Waals surface area contributed by atoms with Crippen LogP contribution in [0.2, 0.25) is 0 Å². The Labute approximate surface area is 155 Å². The predicted octanol–water partition coefficient (Wildman–Crippen LogP) is 6.51. The van der Waals surface area contributed by atoms with Gasteiger partial charge in [0.25, 0.3) is 0 Å². The zero-order chi connectivity index (χ0) is 18.4. The van der Waals surface area contributed by atoms with Crippen molar-refractivity contribution in [3.8, 4) is 5.75 Å². The Balaban J connectivity index is 1.55. The molecule has 1 saturated carbocycles. The second kappa shape index (κ2) is 8.98. The molecule has 2 aromatic carbocycles. The van der Waals surface area contributed by atoms with Gasteiger partial charge in [0.15, 0.2) is 0 Å². The molecule has 0 aromatic heterocycles. The molecule has 0 spiro atoms. The molecule has 0 amide bonds. The standard InChI is InChI=1S/C23H27FO2/c1-2-3-4-17-5-7-18(8-6-17)19-9-11-20(12-10-19)23(25)26-22-15-13-21(24)14-16-22/h9-18H,2-8H2,1H3. The van der Waals surface area contributed by atoms with E-state index in [9.17, 15) is 9.18 Å². The molecule has 1 aliphatic rings. The molecule has 2 nitrogen and oxygen atoms in total. The Morgan fingerprint density at radius 1 is 1.00 bits per heavy atom. The average Bonchev–Trinajstić information content (AvgIpc) is 2.68. The maximum atomic E-state index is 12.9. The summed E-state index contributed by atoms with van der Waals surface area (Å²) in [6.45, 7) is 2.26. The summed E-state index contributed by atoms with van der Waals surface area (Å²) in [5, 5.41) is 0. The smallest absolute Gasteiger partial charge is 0.343 e. The van der Waals surface area contributed by atoms with E-state index in [-0.39, 0.29) is 5.82 Å². The molecule has 3 rings (SSSR count). The van der Waals surface area contributed by atoms with Crippen LogP contribution in [0.25, 0.3) is 0 Å². The topological polar surface area (TPSA) is 26.3 Å². The molecule has 0 aliphatic heterocycles. The molecule has 0 saturated heterocycles. The summed E-state index contributed by atoms with van der Waals surface area (Å²) in [4.78, 5) is 12.2. The van der Waals surface area contributed by atoms with Crippen molar-refractivity contribution in [1.82, 2.24) is 0 Å². The molecule has 1 fully saturated rings. The third-order valence-corrected chi connectivity index (χ3v) is 5.45. The molecule has 138 valence electrons. The zero-order valence-electron chi connectivity index (χ0n) is 15.4. The van der Waals surface area contributed by atoms with E-state index in [0.717, 1.165) is 5.92 Å². The lowest BCUT2D eigenvalue weighted by atomic mass is 9.77. The number of unbranched alkanes of at least 4 members (excludes halogenated alkanes) is 1. The lowest BCUT2D eigenvalue weighted by Crippen LogP contribution is -2.14. The Morgan fingerprint density at radius 3 is 2.27 bits per heavy atom. The number of benzene rings is 2. The van der Waals surface area contributed by atoms with Crippen molar-refractivity contribution in [3.05, 3.63) is 65.5 Å². The first-order valence-electron chi connectivity index (χ1n) is 9.73. The normalized spacial score (nSPS) is 19.9. The van der Waals surface area contributed by atoms with Crippen LogP contribution in [0.3, 0.4) is 0 Å². The van der Waals surface area contributed by atoms with Crippen LogP contribution in [0.4, 0.5) is 4.39 Å². The number of carbonyl (C=O) groups is 1. The van der Waals surface area contributed by atoms with E-state index >= 15 is 0 Å². The molecule has 0 atom stereocenters. The lowest BCUT2D eigenvalue weighted by molar-refractivity contribution is 0.0734. The molecule has 3 heteroatoms. The van der Waals surface area contributed by atoms with Crippen LogP contribution in [0.1, 0.15) is 73.7 Å². The van der Waals surface area contributed by atoms with Crippen molar-refractivity contribution in [1.29, 1.82) is 0 Å². The van der Waals surface area contributed by atoms with Gasteiger partial charge in [-0.3, -0.25) is 0 Å². The lowest BCUT2D eigenvalue weighted by Gasteiger charge is -2.28. The summed E-state index contributed by atoms with van der Waals surface area (Å²) < 4.78 is 18.2. The Bertz CT molecular complexity index is 698. The van der Waals surface area contributed by atoms with E-state index in [1.54, 1.807) is 0 Å². The van der Waals surface area contributed by atoms with E-state index in [1.165, 1.54) is 74.8 Å². The number of hydrogen-bond donors (Lipinski definition) is 0. The van der Waals surface area contributed by atoms with Crippen LogP contribution in [-0.2, 0) is 0 Å². The van der Waals surface area contributed by atoms with E-state index in [4.69, 9.17) is 4.74 Å². The predicted molar refractivity (Wildman–Crippen MR) is 102 cm³/mol. The number of carbonyl (C=O) groups excluding carboxylic acids is 1. The molecular weight excluding hydrogens is 327 g/mol. The highest BCUT2D eigenvalue weighted by Crippen LogP contribution is 2.37. The van der Waals surface area contributed by atoms with Crippen LogP contribution in [0, 0.1) is 11.7 Å². The Morgan fingerprint density at radius 2 is 1.65 bits per heavy atom. The summed E-state index contributed by atoms with van der Waals surface area (Å²) in [5.74, 6) is 1.10. The first kappa shape index (κ1) is 18.6.